The second kappa shape index (κ2) is 6.17. The first-order valence-corrected chi connectivity index (χ1v) is 5.30. The lowest BCUT2D eigenvalue weighted by molar-refractivity contribution is 0.0679. The number of carbonyl (C=O) groups excluding carboxylic acids is 2. The molecular formula is C11H16N2O4. The molecule has 0 aliphatic heterocycles. The molecule has 1 aromatic rings. The fourth-order valence-corrected chi connectivity index (χ4v) is 1.45. The van der Waals surface area contributed by atoms with Crippen LogP contribution in [0.3, 0.4) is 0 Å². The Kier molecular flexibility index (Phi) is 4.86. The highest BCUT2D eigenvalue weighted by atomic mass is 16.3. The van der Waals surface area contributed by atoms with Crippen LogP contribution in [0, 0.1) is 0 Å². The number of aliphatic hydroxyl groups is 2. The number of amides is 1. The van der Waals surface area contributed by atoms with Gasteiger partial charge in [0.2, 0.25) is 0 Å². The number of Topliss-reactive ketones (excluding diaryl/α,β-unsaturated/α-hetero) is 1. The van der Waals surface area contributed by atoms with Crippen molar-refractivity contribution in [2.75, 3.05) is 26.3 Å². The number of nitrogens with zero attached hydrogens (tertiary/aromatic N) is 1. The molecule has 1 amide bonds. The van der Waals surface area contributed by atoms with Crippen molar-refractivity contribution in [1.29, 1.82) is 0 Å². The number of hydrogen-bond donors (Lipinski definition) is 3. The van der Waals surface area contributed by atoms with E-state index in [9.17, 15) is 9.59 Å². The van der Waals surface area contributed by atoms with Gasteiger partial charge in [0.25, 0.3) is 5.91 Å². The van der Waals surface area contributed by atoms with E-state index >= 15 is 0 Å². The minimum Gasteiger partial charge on any atom is -0.395 e. The molecule has 1 rings (SSSR count). The molecule has 0 radical (unpaired) electrons. The molecule has 0 saturated heterocycles. The highest BCUT2D eigenvalue weighted by Gasteiger charge is 2.17. The molecular weight excluding hydrogens is 224 g/mol. The van der Waals surface area contributed by atoms with Gasteiger partial charge in [-0.3, -0.25) is 9.59 Å². The number of hydrogen-bond acceptors (Lipinski definition) is 4. The van der Waals surface area contributed by atoms with Gasteiger partial charge in [-0.2, -0.15) is 0 Å². The van der Waals surface area contributed by atoms with Gasteiger partial charge in [0.1, 0.15) is 5.69 Å². The third-order valence-electron chi connectivity index (χ3n) is 2.35. The number of carbonyl (C=O) groups is 2. The number of nitrogens with one attached hydrogen (secondary N) is 1. The smallest absolute Gasteiger partial charge is 0.270 e. The Balaban J connectivity index is 2.81. The Hall–Kier alpha value is -1.66. The molecule has 0 atom stereocenters. The van der Waals surface area contributed by atoms with Crippen LogP contribution < -0.4 is 0 Å². The van der Waals surface area contributed by atoms with E-state index in [-0.39, 0.29) is 43.7 Å². The van der Waals surface area contributed by atoms with Crippen molar-refractivity contribution in [3.63, 3.8) is 0 Å². The first-order chi connectivity index (χ1) is 8.10. The lowest BCUT2D eigenvalue weighted by Gasteiger charge is -2.19. The van der Waals surface area contributed by atoms with E-state index in [1.54, 1.807) is 0 Å². The molecule has 0 saturated carbocycles. The van der Waals surface area contributed by atoms with Gasteiger partial charge in [-0.15, -0.1) is 0 Å². The van der Waals surface area contributed by atoms with Crippen molar-refractivity contribution in [3.8, 4) is 0 Å². The SMILES string of the molecule is CC(=O)c1c[nH]c(C(=O)N(CCO)CCO)c1. The van der Waals surface area contributed by atoms with Crippen LogP contribution in [0.5, 0.6) is 0 Å². The third kappa shape index (κ3) is 3.40. The van der Waals surface area contributed by atoms with Crippen molar-refractivity contribution in [1.82, 2.24) is 9.88 Å². The zero-order chi connectivity index (χ0) is 12.8. The van der Waals surface area contributed by atoms with Gasteiger partial charge < -0.3 is 20.1 Å². The van der Waals surface area contributed by atoms with E-state index < -0.39 is 0 Å². The van der Waals surface area contributed by atoms with E-state index in [0.29, 0.717) is 5.56 Å². The summed E-state index contributed by atoms with van der Waals surface area (Å²) in [5.41, 5.74) is 0.707. The van der Waals surface area contributed by atoms with Crippen LogP contribution in [0.1, 0.15) is 27.8 Å². The topological polar surface area (TPSA) is 93.6 Å². The van der Waals surface area contributed by atoms with Crippen LogP contribution in [-0.2, 0) is 0 Å². The van der Waals surface area contributed by atoms with Gasteiger partial charge in [-0.05, 0) is 13.0 Å². The molecule has 0 aliphatic rings. The van der Waals surface area contributed by atoms with E-state index in [1.165, 1.54) is 24.1 Å². The molecule has 0 aromatic carbocycles. The number of ketones is 1. The summed E-state index contributed by atoms with van der Waals surface area (Å²) >= 11 is 0. The summed E-state index contributed by atoms with van der Waals surface area (Å²) in [5, 5.41) is 17.6. The summed E-state index contributed by atoms with van der Waals surface area (Å²) in [6.45, 7) is 1.36. The first-order valence-electron chi connectivity index (χ1n) is 5.30. The molecule has 6 nitrogen and oxygen atoms in total. The second-order valence-electron chi connectivity index (χ2n) is 3.60. The van der Waals surface area contributed by atoms with E-state index in [1.807, 2.05) is 0 Å². The Bertz CT molecular complexity index is 394. The molecule has 1 aromatic heterocycles. The normalized spacial score (nSPS) is 10.3. The average Bonchev–Trinajstić information content (AvgIpc) is 2.77. The van der Waals surface area contributed by atoms with Gasteiger partial charge in [-0.25, -0.2) is 0 Å². The first kappa shape index (κ1) is 13.4. The molecule has 0 unspecified atom stereocenters. The quantitative estimate of drug-likeness (QED) is 0.592. The van der Waals surface area contributed by atoms with E-state index in [4.69, 9.17) is 10.2 Å². The van der Waals surface area contributed by atoms with Crippen LogP contribution in [0.2, 0.25) is 0 Å². The maximum atomic E-state index is 11.9. The zero-order valence-electron chi connectivity index (χ0n) is 9.64. The van der Waals surface area contributed by atoms with Gasteiger partial charge in [0.15, 0.2) is 5.78 Å². The number of aromatic amines is 1. The van der Waals surface area contributed by atoms with Crippen LogP contribution >= 0.6 is 0 Å². The van der Waals surface area contributed by atoms with Gasteiger partial charge in [0, 0.05) is 24.8 Å². The summed E-state index contributed by atoms with van der Waals surface area (Å²) in [6, 6.07) is 1.46. The molecule has 3 N–H and O–H groups in total. The van der Waals surface area contributed by atoms with Gasteiger partial charge >= 0.3 is 0 Å². The Morgan fingerprint density at radius 1 is 1.29 bits per heavy atom. The molecule has 0 fully saturated rings. The van der Waals surface area contributed by atoms with Crippen molar-refractivity contribution >= 4 is 11.7 Å². The molecule has 17 heavy (non-hydrogen) atoms. The standard InChI is InChI=1S/C11H16N2O4/c1-8(16)9-6-10(12-7-9)11(17)13(2-4-14)3-5-15/h6-7,12,14-15H,2-5H2,1H3. The fraction of sp³-hybridized carbons (Fsp3) is 0.455. The predicted molar refractivity (Wildman–Crippen MR) is 60.9 cm³/mol. The third-order valence-corrected chi connectivity index (χ3v) is 2.35. The molecule has 0 spiro atoms. The Labute approximate surface area is 98.9 Å². The van der Waals surface area contributed by atoms with E-state index in [0.717, 1.165) is 0 Å². The number of H-pyrrole nitrogens is 1. The number of aromatic nitrogens is 1. The van der Waals surface area contributed by atoms with Gasteiger partial charge in [0.05, 0.1) is 13.2 Å². The molecule has 6 heteroatoms. The van der Waals surface area contributed by atoms with Crippen molar-refractivity contribution < 1.29 is 19.8 Å². The van der Waals surface area contributed by atoms with Crippen LogP contribution in [0.15, 0.2) is 12.3 Å². The lowest BCUT2D eigenvalue weighted by Crippen LogP contribution is -2.36. The number of aliphatic hydroxyl groups excluding tert-OH is 2. The Morgan fingerprint density at radius 2 is 1.88 bits per heavy atom. The minimum atomic E-state index is -0.347. The summed E-state index contributed by atoms with van der Waals surface area (Å²) in [4.78, 5) is 27.0. The largest absolute Gasteiger partial charge is 0.395 e. The lowest BCUT2D eigenvalue weighted by atomic mass is 10.2. The predicted octanol–water partition coefficient (Wildman–Crippen LogP) is -0.356. The van der Waals surface area contributed by atoms with Crippen molar-refractivity contribution in [2.45, 2.75) is 6.92 Å². The molecule has 94 valence electrons. The minimum absolute atomic E-state index is 0.129. The molecule has 0 aliphatic carbocycles. The zero-order valence-corrected chi connectivity index (χ0v) is 9.64. The summed E-state index contributed by atoms with van der Waals surface area (Å²) in [5.74, 6) is -0.475. The monoisotopic (exact) mass is 240 g/mol. The average molecular weight is 240 g/mol. The molecule has 1 heterocycles. The van der Waals surface area contributed by atoms with Crippen LogP contribution in [0.4, 0.5) is 0 Å². The maximum Gasteiger partial charge on any atom is 0.270 e. The molecule has 0 bridgehead atoms. The summed E-state index contributed by atoms with van der Waals surface area (Å²) in [6.07, 6.45) is 1.46. The van der Waals surface area contributed by atoms with Crippen molar-refractivity contribution in [3.05, 3.63) is 23.5 Å². The highest BCUT2D eigenvalue weighted by molar-refractivity contribution is 5.99. The van der Waals surface area contributed by atoms with Crippen molar-refractivity contribution in [2.24, 2.45) is 0 Å². The summed E-state index contributed by atoms with van der Waals surface area (Å²) < 4.78 is 0. The summed E-state index contributed by atoms with van der Waals surface area (Å²) in [7, 11) is 0. The van der Waals surface area contributed by atoms with Crippen LogP contribution in [0.25, 0.3) is 0 Å². The fourth-order valence-electron chi connectivity index (χ4n) is 1.45. The van der Waals surface area contributed by atoms with Crippen LogP contribution in [-0.4, -0.2) is 58.1 Å². The van der Waals surface area contributed by atoms with E-state index in [2.05, 4.69) is 4.98 Å². The second-order valence-corrected chi connectivity index (χ2v) is 3.60. The van der Waals surface area contributed by atoms with Gasteiger partial charge in [-0.1, -0.05) is 0 Å². The highest BCUT2D eigenvalue weighted by Crippen LogP contribution is 2.07. The Morgan fingerprint density at radius 3 is 2.29 bits per heavy atom. The number of rotatable bonds is 6. The maximum absolute atomic E-state index is 11.9.